The van der Waals surface area contributed by atoms with Crippen molar-refractivity contribution in [2.75, 3.05) is 24.3 Å². The number of fused-ring (bicyclic) bond motifs is 1. The summed E-state index contributed by atoms with van der Waals surface area (Å²) < 4.78 is 16.3. The zero-order valence-corrected chi connectivity index (χ0v) is 11.6. The summed E-state index contributed by atoms with van der Waals surface area (Å²) in [5, 5.41) is 2.75. The van der Waals surface area contributed by atoms with Gasteiger partial charge in [0.25, 0.3) is 5.91 Å². The molecular weight excluding hydrogens is 272 g/mol. The maximum absolute atomic E-state index is 12.1. The lowest BCUT2D eigenvalue weighted by atomic mass is 10.2. The highest BCUT2D eigenvalue weighted by Gasteiger charge is 2.16. The topological polar surface area (TPSA) is 86.7 Å². The Kier molecular flexibility index (Phi) is 3.43. The number of hydrogen-bond acceptors (Lipinski definition) is 5. The highest BCUT2D eigenvalue weighted by molar-refractivity contribution is 6.05. The van der Waals surface area contributed by atoms with E-state index in [1.165, 1.54) is 6.26 Å². The third-order valence-corrected chi connectivity index (χ3v) is 3.16. The number of ether oxygens (including phenoxy) is 2. The zero-order chi connectivity index (χ0) is 14.8. The Morgan fingerprint density at radius 3 is 2.57 bits per heavy atom. The van der Waals surface area contributed by atoms with Crippen molar-refractivity contribution in [3.8, 4) is 11.5 Å². The maximum Gasteiger partial charge on any atom is 0.258 e. The van der Waals surface area contributed by atoms with E-state index in [9.17, 15) is 4.79 Å². The summed E-state index contributed by atoms with van der Waals surface area (Å²) in [6.07, 6.45) is 2.22. The molecule has 0 bridgehead atoms. The Morgan fingerprint density at radius 1 is 1.19 bits per heavy atom. The van der Waals surface area contributed by atoms with Gasteiger partial charge in [-0.1, -0.05) is 0 Å². The highest BCUT2D eigenvalue weighted by atomic mass is 16.5. The Hall–Kier alpha value is -2.63. The Bertz CT molecular complexity index is 678. The summed E-state index contributed by atoms with van der Waals surface area (Å²) in [6.45, 7) is 2.94. The van der Waals surface area contributed by atoms with Gasteiger partial charge < -0.3 is 24.9 Å². The number of nitrogens with one attached hydrogen (secondary N) is 1. The quantitative estimate of drug-likeness (QED) is 0.829. The number of rotatable bonds is 2. The predicted molar refractivity (Wildman–Crippen MR) is 77.9 cm³/mol. The third-order valence-electron chi connectivity index (χ3n) is 3.16. The molecule has 0 saturated carbocycles. The molecule has 1 aromatic heterocycles. The molecule has 0 saturated heterocycles. The molecule has 1 aliphatic heterocycles. The number of aryl methyl sites for hydroxylation is 1. The van der Waals surface area contributed by atoms with Crippen molar-refractivity contribution < 1.29 is 18.7 Å². The van der Waals surface area contributed by atoms with Crippen LogP contribution in [0.5, 0.6) is 11.5 Å². The minimum absolute atomic E-state index is 0.284. The van der Waals surface area contributed by atoms with Crippen LogP contribution in [0, 0.1) is 6.92 Å². The van der Waals surface area contributed by atoms with E-state index in [0.29, 0.717) is 47.4 Å². The van der Waals surface area contributed by atoms with Crippen molar-refractivity contribution in [3.63, 3.8) is 0 Å². The van der Waals surface area contributed by atoms with Gasteiger partial charge in [-0.25, -0.2) is 0 Å². The lowest BCUT2D eigenvalue weighted by molar-refractivity contribution is 0.102. The van der Waals surface area contributed by atoms with E-state index in [-0.39, 0.29) is 5.91 Å². The first-order valence-corrected chi connectivity index (χ1v) is 6.69. The average molecular weight is 288 g/mol. The number of anilines is 2. The van der Waals surface area contributed by atoms with E-state index < -0.39 is 0 Å². The predicted octanol–water partition coefficient (Wildman–Crippen LogP) is 2.58. The van der Waals surface area contributed by atoms with Crippen molar-refractivity contribution in [1.82, 2.24) is 0 Å². The monoisotopic (exact) mass is 288 g/mol. The molecule has 1 amide bonds. The molecule has 2 aromatic rings. The molecule has 3 N–H and O–H groups in total. The molecule has 1 aliphatic rings. The highest BCUT2D eigenvalue weighted by Crippen LogP contribution is 2.36. The summed E-state index contributed by atoms with van der Waals surface area (Å²) in [6, 6.07) is 5.01. The van der Waals surface area contributed by atoms with Crippen molar-refractivity contribution in [2.24, 2.45) is 0 Å². The smallest absolute Gasteiger partial charge is 0.258 e. The van der Waals surface area contributed by atoms with Gasteiger partial charge in [0.2, 0.25) is 0 Å². The molecule has 2 heterocycles. The molecule has 110 valence electrons. The van der Waals surface area contributed by atoms with Gasteiger partial charge in [0, 0.05) is 18.6 Å². The fraction of sp³-hybridized carbons (Fsp3) is 0.267. The van der Waals surface area contributed by atoms with Gasteiger partial charge in [-0.05, 0) is 13.0 Å². The van der Waals surface area contributed by atoms with Crippen molar-refractivity contribution in [2.45, 2.75) is 13.3 Å². The number of hydrogen-bond donors (Lipinski definition) is 2. The fourth-order valence-corrected chi connectivity index (χ4v) is 2.09. The number of nitrogens with two attached hydrogens (primary N) is 1. The van der Waals surface area contributed by atoms with E-state index in [4.69, 9.17) is 19.6 Å². The molecular formula is C15H16N2O4. The fourth-order valence-electron chi connectivity index (χ4n) is 2.09. The van der Waals surface area contributed by atoms with E-state index in [0.717, 1.165) is 6.42 Å². The minimum atomic E-state index is -0.284. The molecule has 6 heteroatoms. The second-order valence-corrected chi connectivity index (χ2v) is 4.84. The van der Waals surface area contributed by atoms with Crippen LogP contribution in [0.15, 0.2) is 28.9 Å². The molecule has 21 heavy (non-hydrogen) atoms. The molecule has 3 rings (SSSR count). The summed E-state index contributed by atoms with van der Waals surface area (Å²) in [4.78, 5) is 12.1. The van der Waals surface area contributed by atoms with Gasteiger partial charge in [0.05, 0.1) is 30.2 Å². The molecule has 0 aliphatic carbocycles. The van der Waals surface area contributed by atoms with Gasteiger partial charge in [0.15, 0.2) is 11.5 Å². The Balaban J connectivity index is 1.85. The Morgan fingerprint density at radius 2 is 1.90 bits per heavy atom. The van der Waals surface area contributed by atoms with E-state index in [1.807, 2.05) is 0 Å². The lowest BCUT2D eigenvalue weighted by Gasteiger charge is -2.12. The normalized spacial score (nSPS) is 13.6. The van der Waals surface area contributed by atoms with Crippen molar-refractivity contribution in [3.05, 3.63) is 35.8 Å². The summed E-state index contributed by atoms with van der Waals surface area (Å²) in [5.74, 6) is 1.57. The summed E-state index contributed by atoms with van der Waals surface area (Å²) in [5.41, 5.74) is 7.31. The number of furan rings is 1. The second-order valence-electron chi connectivity index (χ2n) is 4.84. The number of benzene rings is 1. The van der Waals surface area contributed by atoms with Crippen molar-refractivity contribution in [1.29, 1.82) is 0 Å². The largest absolute Gasteiger partial charge is 0.489 e. The molecule has 6 nitrogen and oxygen atoms in total. The molecule has 0 unspecified atom stereocenters. The first kappa shape index (κ1) is 13.4. The minimum Gasteiger partial charge on any atom is -0.489 e. The van der Waals surface area contributed by atoms with Crippen LogP contribution in [0.4, 0.5) is 11.4 Å². The molecule has 1 aromatic carbocycles. The summed E-state index contributed by atoms with van der Waals surface area (Å²) in [7, 11) is 0. The lowest BCUT2D eigenvalue weighted by Crippen LogP contribution is -2.12. The van der Waals surface area contributed by atoms with Crippen LogP contribution in [0.3, 0.4) is 0 Å². The van der Waals surface area contributed by atoms with Crippen LogP contribution < -0.4 is 20.5 Å². The van der Waals surface area contributed by atoms with Crippen LogP contribution in [-0.2, 0) is 0 Å². The van der Waals surface area contributed by atoms with Gasteiger partial charge in [-0.2, -0.15) is 0 Å². The number of nitrogen functional groups attached to an aromatic ring is 1. The van der Waals surface area contributed by atoms with E-state index in [1.54, 1.807) is 25.1 Å². The van der Waals surface area contributed by atoms with E-state index in [2.05, 4.69) is 5.32 Å². The van der Waals surface area contributed by atoms with Crippen LogP contribution in [0.1, 0.15) is 22.5 Å². The van der Waals surface area contributed by atoms with E-state index >= 15 is 0 Å². The third kappa shape index (κ3) is 2.79. The molecule has 0 spiro atoms. The van der Waals surface area contributed by atoms with Gasteiger partial charge >= 0.3 is 0 Å². The molecule has 0 fully saturated rings. The first-order valence-electron chi connectivity index (χ1n) is 6.69. The Labute approximate surface area is 121 Å². The number of carbonyl (C=O) groups is 1. The van der Waals surface area contributed by atoms with Crippen LogP contribution in [-0.4, -0.2) is 19.1 Å². The number of carbonyl (C=O) groups excluding carboxylic acids is 1. The van der Waals surface area contributed by atoms with Crippen LogP contribution in [0.2, 0.25) is 0 Å². The summed E-state index contributed by atoms with van der Waals surface area (Å²) >= 11 is 0. The molecule has 0 atom stereocenters. The van der Waals surface area contributed by atoms with Crippen LogP contribution >= 0.6 is 0 Å². The van der Waals surface area contributed by atoms with Gasteiger partial charge in [0.1, 0.15) is 12.0 Å². The first-order chi connectivity index (χ1) is 10.1. The standard InChI is InChI=1S/C15H16N2O4/c1-9-5-10(8-21-9)15(18)17-12-7-14-13(6-11(12)16)19-3-2-4-20-14/h5-8H,2-4,16H2,1H3,(H,17,18). The average Bonchev–Trinajstić information content (AvgIpc) is 2.76. The van der Waals surface area contributed by atoms with Gasteiger partial charge in [-0.3, -0.25) is 4.79 Å². The second kappa shape index (κ2) is 5.40. The van der Waals surface area contributed by atoms with Crippen LogP contribution in [0.25, 0.3) is 0 Å². The van der Waals surface area contributed by atoms with Gasteiger partial charge in [-0.15, -0.1) is 0 Å². The zero-order valence-electron chi connectivity index (χ0n) is 11.6. The maximum atomic E-state index is 12.1. The van der Waals surface area contributed by atoms with Crippen molar-refractivity contribution >= 4 is 17.3 Å². The SMILES string of the molecule is Cc1cc(C(=O)Nc2cc3c(cc2N)OCCCO3)co1. The number of amides is 1. The molecule has 0 radical (unpaired) electrons.